The van der Waals surface area contributed by atoms with Crippen LogP contribution in [0.15, 0.2) is 29.6 Å². The topological polar surface area (TPSA) is 42.4 Å². The van der Waals surface area contributed by atoms with Crippen LogP contribution >= 0.6 is 11.3 Å². The highest BCUT2D eigenvalue weighted by Gasteiger charge is 2.27. The lowest BCUT2D eigenvalue weighted by atomic mass is 9.97. The molecular weight excluding hydrogens is 308 g/mol. The second-order valence-corrected chi connectivity index (χ2v) is 6.90. The summed E-state index contributed by atoms with van der Waals surface area (Å²) in [6.45, 7) is 4.06. The zero-order chi connectivity index (χ0) is 16.2. The zero-order valence-corrected chi connectivity index (χ0v) is 14.4. The van der Waals surface area contributed by atoms with Crippen molar-refractivity contribution in [2.24, 2.45) is 0 Å². The zero-order valence-electron chi connectivity index (χ0n) is 13.6. The van der Waals surface area contributed by atoms with Gasteiger partial charge in [0.15, 0.2) is 0 Å². The molecule has 1 amide bonds. The lowest BCUT2D eigenvalue weighted by Crippen LogP contribution is -2.39. The van der Waals surface area contributed by atoms with Crippen LogP contribution in [-0.4, -0.2) is 36.0 Å². The molecule has 1 aliphatic rings. The molecule has 0 radical (unpaired) electrons. The van der Waals surface area contributed by atoms with Crippen molar-refractivity contribution in [3.63, 3.8) is 0 Å². The standard InChI is InChI=1S/C18H22N2O2S/c1-13-12-23-17(19-13)14-7-5-9-20(10-14)18(21)16-8-4-3-6-15(16)11-22-2/h3-4,6,8,12,14H,5,7,9-11H2,1-2H3/t14-/m1/s1. The average Bonchev–Trinajstić information content (AvgIpc) is 3.02. The van der Waals surface area contributed by atoms with E-state index in [4.69, 9.17) is 4.74 Å². The first-order valence-corrected chi connectivity index (χ1v) is 8.85. The van der Waals surface area contributed by atoms with Crippen molar-refractivity contribution in [3.05, 3.63) is 51.5 Å². The molecule has 3 rings (SSSR count). The van der Waals surface area contributed by atoms with E-state index in [1.54, 1.807) is 18.4 Å². The number of hydrogen-bond acceptors (Lipinski definition) is 4. The van der Waals surface area contributed by atoms with E-state index < -0.39 is 0 Å². The van der Waals surface area contributed by atoms with Gasteiger partial charge in [-0.05, 0) is 31.4 Å². The molecule has 1 aromatic heterocycles. The predicted octanol–water partition coefficient (Wildman–Crippen LogP) is 3.62. The van der Waals surface area contributed by atoms with Crippen molar-refractivity contribution in [1.82, 2.24) is 9.88 Å². The minimum Gasteiger partial charge on any atom is -0.380 e. The molecule has 0 bridgehead atoms. The Morgan fingerprint density at radius 3 is 3.00 bits per heavy atom. The maximum atomic E-state index is 12.9. The number of hydrogen-bond donors (Lipinski definition) is 0. The molecule has 2 heterocycles. The van der Waals surface area contributed by atoms with Crippen LogP contribution in [0.1, 0.15) is 45.4 Å². The smallest absolute Gasteiger partial charge is 0.254 e. The number of thiazole rings is 1. The van der Waals surface area contributed by atoms with Crippen molar-refractivity contribution in [2.45, 2.75) is 32.3 Å². The Morgan fingerprint density at radius 1 is 1.43 bits per heavy atom. The van der Waals surface area contributed by atoms with Gasteiger partial charge in [-0.3, -0.25) is 4.79 Å². The van der Waals surface area contributed by atoms with E-state index in [-0.39, 0.29) is 5.91 Å². The summed E-state index contributed by atoms with van der Waals surface area (Å²) in [5, 5.41) is 3.24. The molecule has 1 aromatic carbocycles. The van der Waals surface area contributed by atoms with Crippen LogP contribution in [-0.2, 0) is 11.3 Å². The normalized spacial score (nSPS) is 18.2. The Morgan fingerprint density at radius 2 is 2.26 bits per heavy atom. The number of aryl methyl sites for hydroxylation is 1. The molecule has 0 N–H and O–H groups in total. The van der Waals surface area contributed by atoms with Gasteiger partial charge in [-0.25, -0.2) is 4.98 Å². The van der Waals surface area contributed by atoms with Gasteiger partial charge in [0.1, 0.15) is 0 Å². The first-order valence-electron chi connectivity index (χ1n) is 7.97. The van der Waals surface area contributed by atoms with Gasteiger partial charge in [0.2, 0.25) is 0 Å². The second kappa shape index (κ2) is 7.23. The van der Waals surface area contributed by atoms with Crippen LogP contribution < -0.4 is 0 Å². The Kier molecular flexibility index (Phi) is 5.08. The first kappa shape index (κ1) is 16.1. The van der Waals surface area contributed by atoms with Crippen LogP contribution in [0.5, 0.6) is 0 Å². The number of rotatable bonds is 4. The molecule has 0 aliphatic carbocycles. The number of nitrogens with zero attached hydrogens (tertiary/aromatic N) is 2. The van der Waals surface area contributed by atoms with Crippen molar-refractivity contribution in [1.29, 1.82) is 0 Å². The third-order valence-corrected chi connectivity index (χ3v) is 5.37. The van der Waals surface area contributed by atoms with E-state index in [9.17, 15) is 4.79 Å². The lowest BCUT2D eigenvalue weighted by Gasteiger charge is -2.32. The van der Waals surface area contributed by atoms with Gasteiger partial charge in [-0.2, -0.15) is 0 Å². The van der Waals surface area contributed by atoms with Crippen LogP contribution in [0, 0.1) is 6.92 Å². The summed E-state index contributed by atoms with van der Waals surface area (Å²) < 4.78 is 5.22. The number of methoxy groups -OCH3 is 1. The van der Waals surface area contributed by atoms with E-state index in [2.05, 4.69) is 10.4 Å². The maximum absolute atomic E-state index is 12.9. The number of carbonyl (C=O) groups is 1. The minimum absolute atomic E-state index is 0.107. The van der Waals surface area contributed by atoms with Crippen LogP contribution in [0.3, 0.4) is 0 Å². The number of amides is 1. The molecule has 23 heavy (non-hydrogen) atoms. The largest absolute Gasteiger partial charge is 0.380 e. The SMILES string of the molecule is COCc1ccccc1C(=O)N1CCC[C@@H](c2nc(C)cs2)C1. The Balaban J connectivity index is 1.77. The van der Waals surface area contributed by atoms with Gasteiger partial charge in [-0.1, -0.05) is 18.2 Å². The monoisotopic (exact) mass is 330 g/mol. The summed E-state index contributed by atoms with van der Waals surface area (Å²) in [7, 11) is 1.66. The van der Waals surface area contributed by atoms with Crippen LogP contribution in [0.2, 0.25) is 0 Å². The van der Waals surface area contributed by atoms with Crippen molar-refractivity contribution >= 4 is 17.2 Å². The average molecular weight is 330 g/mol. The number of carbonyl (C=O) groups excluding carboxylic acids is 1. The first-order chi connectivity index (χ1) is 11.2. The number of likely N-dealkylation sites (tertiary alicyclic amines) is 1. The Hall–Kier alpha value is -1.72. The maximum Gasteiger partial charge on any atom is 0.254 e. The van der Waals surface area contributed by atoms with Gasteiger partial charge >= 0.3 is 0 Å². The molecule has 1 aliphatic heterocycles. The number of ether oxygens (including phenoxy) is 1. The fraction of sp³-hybridized carbons (Fsp3) is 0.444. The van der Waals surface area contributed by atoms with Crippen molar-refractivity contribution < 1.29 is 9.53 Å². The summed E-state index contributed by atoms with van der Waals surface area (Å²) in [5.41, 5.74) is 2.77. The number of benzene rings is 1. The molecule has 1 fully saturated rings. The fourth-order valence-electron chi connectivity index (χ4n) is 3.10. The molecule has 122 valence electrons. The van der Waals surface area contributed by atoms with Gasteiger partial charge in [0.05, 0.1) is 11.6 Å². The van der Waals surface area contributed by atoms with Crippen molar-refractivity contribution in [2.75, 3.05) is 20.2 Å². The predicted molar refractivity (Wildman–Crippen MR) is 91.9 cm³/mol. The third kappa shape index (κ3) is 3.62. The van der Waals surface area contributed by atoms with Gasteiger partial charge in [0, 0.05) is 42.8 Å². The van der Waals surface area contributed by atoms with Gasteiger partial charge < -0.3 is 9.64 Å². The summed E-state index contributed by atoms with van der Waals surface area (Å²) in [5.74, 6) is 0.469. The molecule has 4 nitrogen and oxygen atoms in total. The molecule has 1 atom stereocenters. The summed E-state index contributed by atoms with van der Waals surface area (Å²) >= 11 is 1.71. The number of piperidine rings is 1. The Labute approximate surface area is 141 Å². The number of aromatic nitrogens is 1. The lowest BCUT2D eigenvalue weighted by molar-refractivity contribution is 0.0702. The van der Waals surface area contributed by atoms with Crippen LogP contribution in [0.4, 0.5) is 0 Å². The van der Waals surface area contributed by atoms with E-state index in [0.29, 0.717) is 12.5 Å². The van der Waals surface area contributed by atoms with Crippen LogP contribution in [0.25, 0.3) is 0 Å². The second-order valence-electron chi connectivity index (χ2n) is 6.01. The van der Waals surface area contributed by atoms with E-state index in [1.165, 1.54) is 0 Å². The molecule has 5 heteroatoms. The van der Waals surface area contributed by atoms with Crippen molar-refractivity contribution in [3.8, 4) is 0 Å². The van der Waals surface area contributed by atoms with Gasteiger partial charge in [-0.15, -0.1) is 11.3 Å². The summed E-state index contributed by atoms with van der Waals surface area (Å²) in [6.07, 6.45) is 2.14. The molecule has 0 unspecified atom stereocenters. The third-order valence-electron chi connectivity index (χ3n) is 4.24. The quantitative estimate of drug-likeness (QED) is 0.860. The fourth-order valence-corrected chi connectivity index (χ4v) is 4.03. The minimum atomic E-state index is 0.107. The van der Waals surface area contributed by atoms with E-state index in [0.717, 1.165) is 47.8 Å². The molecule has 2 aromatic rings. The molecule has 0 spiro atoms. The highest BCUT2D eigenvalue weighted by molar-refractivity contribution is 7.09. The van der Waals surface area contributed by atoms with E-state index in [1.807, 2.05) is 36.1 Å². The summed E-state index contributed by atoms with van der Waals surface area (Å²) in [6, 6.07) is 7.72. The Bertz CT molecular complexity index is 683. The summed E-state index contributed by atoms with van der Waals surface area (Å²) in [4.78, 5) is 19.5. The molecule has 1 saturated heterocycles. The van der Waals surface area contributed by atoms with E-state index >= 15 is 0 Å². The van der Waals surface area contributed by atoms with Gasteiger partial charge in [0.25, 0.3) is 5.91 Å². The highest BCUT2D eigenvalue weighted by atomic mass is 32.1. The molecular formula is C18H22N2O2S. The molecule has 0 saturated carbocycles. The highest BCUT2D eigenvalue weighted by Crippen LogP contribution is 2.30.